The topological polar surface area (TPSA) is 71.8 Å². The second kappa shape index (κ2) is 8.46. The van der Waals surface area contributed by atoms with E-state index in [1.54, 1.807) is 10.7 Å². The fourth-order valence-corrected chi connectivity index (χ4v) is 3.42. The van der Waals surface area contributed by atoms with Crippen molar-refractivity contribution in [2.24, 2.45) is 5.92 Å². The molecule has 0 bridgehead atoms. The van der Waals surface area contributed by atoms with E-state index in [4.69, 9.17) is 4.74 Å². The normalized spacial score (nSPS) is 19.3. The third-order valence-electron chi connectivity index (χ3n) is 5.22. The number of anilines is 1. The van der Waals surface area contributed by atoms with Gasteiger partial charge in [0, 0.05) is 31.3 Å². The minimum absolute atomic E-state index is 0.0498. The lowest BCUT2D eigenvalue weighted by Crippen LogP contribution is -2.46. The molecule has 1 amide bonds. The number of aryl methyl sites for hydroxylation is 1. The van der Waals surface area contributed by atoms with Gasteiger partial charge in [0.1, 0.15) is 18.6 Å². The number of nitrogens with one attached hydrogen (secondary N) is 1. The van der Waals surface area contributed by atoms with E-state index in [1.165, 1.54) is 4.90 Å². The molecule has 0 spiro atoms. The van der Waals surface area contributed by atoms with Crippen LogP contribution in [0.2, 0.25) is 0 Å². The van der Waals surface area contributed by atoms with Gasteiger partial charge in [-0.1, -0.05) is 29.8 Å². The third kappa shape index (κ3) is 4.64. The van der Waals surface area contributed by atoms with Gasteiger partial charge in [0.25, 0.3) is 0 Å². The van der Waals surface area contributed by atoms with Crippen LogP contribution in [0, 0.1) is 12.8 Å². The average molecular weight is 397 g/mol. The molecule has 0 saturated carbocycles. The third-order valence-corrected chi connectivity index (χ3v) is 5.22. The van der Waals surface area contributed by atoms with Gasteiger partial charge in [-0.3, -0.25) is 0 Å². The van der Waals surface area contributed by atoms with Crippen molar-refractivity contribution in [3.63, 3.8) is 0 Å². The minimum atomic E-state index is -1.11. The summed E-state index contributed by atoms with van der Waals surface area (Å²) in [6.45, 7) is 3.19. The molecule has 152 valence electrons. The Labute approximate surface area is 168 Å². The highest BCUT2D eigenvalue weighted by Gasteiger charge is 2.32. The predicted molar refractivity (Wildman–Crippen MR) is 107 cm³/mol. The highest BCUT2D eigenvalue weighted by Crippen LogP contribution is 2.22. The van der Waals surface area contributed by atoms with Gasteiger partial charge in [-0.05, 0) is 25.0 Å². The summed E-state index contributed by atoms with van der Waals surface area (Å²) in [6.07, 6.45) is 2.49. The van der Waals surface area contributed by atoms with Gasteiger partial charge in [-0.15, -0.1) is 0 Å². The van der Waals surface area contributed by atoms with Crippen LogP contribution in [-0.2, 0) is 11.3 Å². The van der Waals surface area contributed by atoms with Gasteiger partial charge < -0.3 is 15.0 Å². The van der Waals surface area contributed by atoms with E-state index >= 15 is 0 Å². The lowest BCUT2D eigenvalue weighted by molar-refractivity contribution is 0.0544. The number of fused-ring (bicyclic) bond motifs is 1. The maximum atomic E-state index is 14.6. The zero-order valence-electron chi connectivity index (χ0n) is 16.3. The average Bonchev–Trinajstić information content (AvgIpc) is 3.20. The van der Waals surface area contributed by atoms with Crippen LogP contribution in [-0.4, -0.2) is 51.4 Å². The Kier molecular flexibility index (Phi) is 5.59. The highest BCUT2D eigenvalue weighted by atomic mass is 19.1. The lowest BCUT2D eigenvalue weighted by atomic mass is 9.95. The van der Waals surface area contributed by atoms with Crippen LogP contribution in [0.4, 0.5) is 15.0 Å². The van der Waals surface area contributed by atoms with Crippen molar-refractivity contribution in [2.45, 2.75) is 26.1 Å². The summed E-state index contributed by atoms with van der Waals surface area (Å²) in [7, 11) is 0. The summed E-state index contributed by atoms with van der Waals surface area (Å²) < 4.78 is 21.7. The van der Waals surface area contributed by atoms with E-state index < -0.39 is 12.3 Å². The number of amides is 1. The van der Waals surface area contributed by atoms with Gasteiger partial charge >= 0.3 is 6.09 Å². The summed E-state index contributed by atoms with van der Waals surface area (Å²) in [6, 6.07) is 11.4. The second-order valence-electron chi connectivity index (χ2n) is 7.38. The number of rotatable bonds is 5. The maximum Gasteiger partial charge on any atom is 0.410 e. The number of halogens is 1. The van der Waals surface area contributed by atoms with E-state index in [1.807, 2.05) is 49.5 Å². The molecule has 0 aliphatic carbocycles. The van der Waals surface area contributed by atoms with Crippen molar-refractivity contribution >= 4 is 17.6 Å². The van der Waals surface area contributed by atoms with E-state index in [2.05, 4.69) is 15.4 Å². The maximum absolute atomic E-state index is 14.6. The van der Waals surface area contributed by atoms with E-state index in [-0.39, 0.29) is 19.1 Å². The van der Waals surface area contributed by atoms with Crippen LogP contribution in [0.3, 0.4) is 0 Å². The number of carbonyl (C=O) groups excluding carboxylic acids is 1. The molecular formula is C21H24FN5O2. The number of benzene rings is 1. The highest BCUT2D eigenvalue weighted by molar-refractivity contribution is 5.67. The lowest BCUT2D eigenvalue weighted by Gasteiger charge is -2.34. The number of nitrogens with zero attached hydrogens (tertiary/aromatic N) is 4. The van der Waals surface area contributed by atoms with Crippen molar-refractivity contribution < 1.29 is 13.9 Å². The molecule has 1 aliphatic heterocycles. The van der Waals surface area contributed by atoms with Gasteiger partial charge in [-0.2, -0.15) is 5.10 Å². The number of likely N-dealkylation sites (tertiary alicyclic amines) is 1. The number of hydrogen-bond acceptors (Lipinski definition) is 5. The Morgan fingerprint density at radius 2 is 2.10 bits per heavy atom. The molecule has 8 heteroatoms. The summed E-state index contributed by atoms with van der Waals surface area (Å²) >= 11 is 0. The number of ether oxygens (including phenoxy) is 1. The molecule has 2 atom stereocenters. The molecule has 3 aromatic rings. The fourth-order valence-electron chi connectivity index (χ4n) is 3.42. The molecule has 0 radical (unpaired) electrons. The summed E-state index contributed by atoms with van der Waals surface area (Å²) in [5.74, 6) is 0.504. The van der Waals surface area contributed by atoms with Crippen molar-refractivity contribution in [3.05, 3.63) is 59.9 Å². The minimum Gasteiger partial charge on any atom is -0.445 e. The van der Waals surface area contributed by atoms with E-state index in [9.17, 15) is 9.18 Å². The van der Waals surface area contributed by atoms with Gasteiger partial charge in [0.05, 0.1) is 12.7 Å². The molecule has 7 nitrogen and oxygen atoms in total. The first-order chi connectivity index (χ1) is 14.1. The molecule has 3 heterocycles. The number of carbonyl (C=O) groups is 1. The molecule has 1 fully saturated rings. The first-order valence-electron chi connectivity index (χ1n) is 9.74. The van der Waals surface area contributed by atoms with Crippen molar-refractivity contribution in [3.8, 4) is 0 Å². The van der Waals surface area contributed by atoms with Crippen LogP contribution in [0.5, 0.6) is 0 Å². The first-order valence-corrected chi connectivity index (χ1v) is 9.74. The molecule has 1 aliphatic rings. The molecule has 29 heavy (non-hydrogen) atoms. The van der Waals surface area contributed by atoms with Crippen LogP contribution in [0.1, 0.15) is 17.5 Å². The van der Waals surface area contributed by atoms with E-state index in [0.717, 1.165) is 16.8 Å². The Bertz CT molecular complexity index is 975. The Morgan fingerprint density at radius 1 is 1.28 bits per heavy atom. The molecule has 1 N–H and O–H groups in total. The zero-order chi connectivity index (χ0) is 20.2. The Balaban J connectivity index is 1.25. The molecule has 2 aromatic heterocycles. The number of hydrogen-bond donors (Lipinski definition) is 1. The fraction of sp³-hybridized carbons (Fsp3) is 0.381. The van der Waals surface area contributed by atoms with Crippen molar-refractivity contribution in [2.75, 3.05) is 25.0 Å². The van der Waals surface area contributed by atoms with Gasteiger partial charge in [0.2, 0.25) is 0 Å². The molecule has 4 rings (SSSR count). The summed E-state index contributed by atoms with van der Waals surface area (Å²) in [4.78, 5) is 18.2. The molecule has 1 saturated heterocycles. The monoisotopic (exact) mass is 397 g/mol. The predicted octanol–water partition coefficient (Wildman–Crippen LogP) is 3.45. The smallest absolute Gasteiger partial charge is 0.410 e. The Hall–Kier alpha value is -3.16. The molecule has 0 unspecified atom stereocenters. The molecular weight excluding hydrogens is 373 g/mol. The number of piperidine rings is 1. The number of alkyl halides is 1. The standard InChI is InChI=1S/C21H24FN5O2/c1-15-2-4-16(5-3-15)14-29-21(28)26-10-7-17(18(22)13-26)12-23-19-8-11-27-20(25-19)6-9-24-27/h2-6,8-9,11,17-18H,7,10,12-14H2,1H3,(H,23,25)/t17-,18-/m1/s1. The summed E-state index contributed by atoms with van der Waals surface area (Å²) in [5.41, 5.74) is 2.80. The van der Waals surface area contributed by atoms with E-state index in [0.29, 0.717) is 25.3 Å². The zero-order valence-corrected chi connectivity index (χ0v) is 16.3. The number of aromatic nitrogens is 3. The summed E-state index contributed by atoms with van der Waals surface area (Å²) in [5, 5.41) is 7.30. The van der Waals surface area contributed by atoms with Gasteiger partial charge in [0.15, 0.2) is 5.65 Å². The van der Waals surface area contributed by atoms with Crippen LogP contribution >= 0.6 is 0 Å². The van der Waals surface area contributed by atoms with Crippen molar-refractivity contribution in [1.29, 1.82) is 0 Å². The largest absolute Gasteiger partial charge is 0.445 e. The molecule has 1 aromatic carbocycles. The van der Waals surface area contributed by atoms with Crippen LogP contribution in [0.25, 0.3) is 5.65 Å². The SMILES string of the molecule is Cc1ccc(COC(=O)N2CC[C@H](CNc3ccn4nccc4n3)[C@H](F)C2)cc1. The quantitative estimate of drug-likeness (QED) is 0.714. The van der Waals surface area contributed by atoms with Crippen molar-refractivity contribution in [1.82, 2.24) is 19.5 Å². The van der Waals surface area contributed by atoms with Gasteiger partial charge in [-0.25, -0.2) is 18.7 Å². The second-order valence-corrected chi connectivity index (χ2v) is 7.38. The Morgan fingerprint density at radius 3 is 2.90 bits per heavy atom. The van der Waals surface area contributed by atoms with Crippen LogP contribution < -0.4 is 5.32 Å². The first kappa shape index (κ1) is 19.2. The van der Waals surface area contributed by atoms with Crippen LogP contribution in [0.15, 0.2) is 48.8 Å².